The molecule has 0 unspecified atom stereocenters. The molecule has 3 aromatic rings. The Hall–Kier alpha value is -2.89. The van der Waals surface area contributed by atoms with Crippen molar-refractivity contribution in [2.75, 3.05) is 11.9 Å². The molecular formula is C18H21N5O. The summed E-state index contributed by atoms with van der Waals surface area (Å²) in [6, 6.07) is 12.4. The van der Waals surface area contributed by atoms with Crippen molar-refractivity contribution < 1.29 is 4.74 Å². The van der Waals surface area contributed by atoms with Crippen molar-refractivity contribution in [1.29, 1.82) is 0 Å². The van der Waals surface area contributed by atoms with E-state index in [1.165, 1.54) is 10.8 Å². The molecule has 0 fully saturated rings. The van der Waals surface area contributed by atoms with Crippen molar-refractivity contribution in [1.82, 2.24) is 20.2 Å². The summed E-state index contributed by atoms with van der Waals surface area (Å²) in [4.78, 5) is 0. The lowest BCUT2D eigenvalue weighted by Gasteiger charge is -2.15. The fourth-order valence-electron chi connectivity index (χ4n) is 2.59. The number of hydrogen-bond acceptors (Lipinski definition) is 5. The average Bonchev–Trinajstić information content (AvgIpc) is 3.06. The lowest BCUT2D eigenvalue weighted by molar-refractivity contribution is 0.315. The molecule has 1 N–H and O–H groups in total. The highest BCUT2D eigenvalue weighted by atomic mass is 16.5. The molecule has 0 bridgehead atoms. The Morgan fingerprint density at radius 1 is 1.25 bits per heavy atom. The molecule has 0 radical (unpaired) electrons. The summed E-state index contributed by atoms with van der Waals surface area (Å²) >= 11 is 0. The molecule has 0 atom stereocenters. The molecule has 0 aliphatic rings. The van der Waals surface area contributed by atoms with Crippen molar-refractivity contribution in [3.8, 4) is 5.75 Å². The Kier molecular flexibility index (Phi) is 5.05. The SMILES string of the molecule is C=CCn1nnnc1NCc1c(OCCC)ccc2ccccc12. The number of nitrogens with one attached hydrogen (secondary N) is 1. The van der Waals surface area contributed by atoms with Crippen LogP contribution in [0.3, 0.4) is 0 Å². The van der Waals surface area contributed by atoms with Gasteiger partial charge in [-0.25, -0.2) is 4.68 Å². The predicted molar refractivity (Wildman–Crippen MR) is 95.1 cm³/mol. The van der Waals surface area contributed by atoms with Crippen molar-refractivity contribution in [3.63, 3.8) is 0 Å². The quantitative estimate of drug-likeness (QED) is 0.644. The Balaban J connectivity index is 1.90. The third-order valence-corrected chi connectivity index (χ3v) is 3.72. The van der Waals surface area contributed by atoms with Gasteiger partial charge in [-0.15, -0.1) is 6.58 Å². The van der Waals surface area contributed by atoms with Crippen molar-refractivity contribution in [3.05, 3.63) is 54.6 Å². The van der Waals surface area contributed by atoms with E-state index in [9.17, 15) is 0 Å². The zero-order chi connectivity index (χ0) is 16.8. The lowest BCUT2D eigenvalue weighted by Crippen LogP contribution is -2.10. The van der Waals surface area contributed by atoms with Crippen LogP contribution in [0.15, 0.2) is 49.1 Å². The molecule has 0 aliphatic heterocycles. The second-order valence-electron chi connectivity index (χ2n) is 5.44. The first-order chi connectivity index (χ1) is 11.8. The van der Waals surface area contributed by atoms with E-state index >= 15 is 0 Å². The van der Waals surface area contributed by atoms with Crippen LogP contribution >= 0.6 is 0 Å². The molecule has 0 amide bonds. The Bertz CT molecular complexity index is 827. The maximum Gasteiger partial charge on any atom is 0.243 e. The molecule has 3 rings (SSSR count). The van der Waals surface area contributed by atoms with Gasteiger partial charge < -0.3 is 10.1 Å². The number of aromatic nitrogens is 4. The fraction of sp³-hybridized carbons (Fsp3) is 0.278. The van der Waals surface area contributed by atoms with Gasteiger partial charge in [0, 0.05) is 12.1 Å². The van der Waals surface area contributed by atoms with Crippen LogP contribution in [0.4, 0.5) is 5.95 Å². The molecule has 0 aliphatic carbocycles. The third kappa shape index (κ3) is 3.37. The molecular weight excluding hydrogens is 302 g/mol. The highest BCUT2D eigenvalue weighted by Crippen LogP contribution is 2.29. The number of benzene rings is 2. The number of tetrazole rings is 1. The zero-order valence-corrected chi connectivity index (χ0v) is 13.8. The maximum absolute atomic E-state index is 5.93. The summed E-state index contributed by atoms with van der Waals surface area (Å²) in [7, 11) is 0. The molecule has 6 nitrogen and oxygen atoms in total. The van der Waals surface area contributed by atoms with Gasteiger partial charge in [-0.3, -0.25) is 0 Å². The predicted octanol–water partition coefficient (Wildman–Crippen LogP) is 3.41. The largest absolute Gasteiger partial charge is 0.493 e. The summed E-state index contributed by atoms with van der Waals surface area (Å²) in [5, 5.41) is 17.3. The molecule has 6 heteroatoms. The fourth-order valence-corrected chi connectivity index (χ4v) is 2.59. The van der Waals surface area contributed by atoms with Crippen molar-refractivity contribution >= 4 is 16.7 Å². The first kappa shape index (κ1) is 16.0. The minimum absolute atomic E-state index is 0.560. The number of ether oxygens (including phenoxy) is 1. The van der Waals surface area contributed by atoms with Gasteiger partial charge in [0.2, 0.25) is 5.95 Å². The van der Waals surface area contributed by atoms with Gasteiger partial charge in [0.25, 0.3) is 0 Å². The summed E-state index contributed by atoms with van der Waals surface area (Å²) in [6.07, 6.45) is 2.73. The van der Waals surface area contributed by atoms with Crippen LogP contribution in [0.2, 0.25) is 0 Å². The van der Waals surface area contributed by atoms with Gasteiger partial charge in [-0.2, -0.15) is 0 Å². The Labute approximate surface area is 141 Å². The van der Waals surface area contributed by atoms with Gasteiger partial charge in [0.15, 0.2) is 0 Å². The van der Waals surface area contributed by atoms with Crippen LogP contribution in [0.25, 0.3) is 10.8 Å². The molecule has 1 aromatic heterocycles. The average molecular weight is 323 g/mol. The maximum atomic E-state index is 5.93. The first-order valence-corrected chi connectivity index (χ1v) is 8.07. The van der Waals surface area contributed by atoms with Crippen LogP contribution in [-0.4, -0.2) is 26.8 Å². The summed E-state index contributed by atoms with van der Waals surface area (Å²) in [5.74, 6) is 1.51. The van der Waals surface area contributed by atoms with E-state index in [-0.39, 0.29) is 0 Å². The van der Waals surface area contributed by atoms with E-state index in [4.69, 9.17) is 4.74 Å². The number of allylic oxidation sites excluding steroid dienone is 1. The molecule has 0 saturated carbocycles. The minimum atomic E-state index is 0.560. The third-order valence-electron chi connectivity index (χ3n) is 3.72. The van der Waals surface area contributed by atoms with Crippen LogP contribution in [-0.2, 0) is 13.1 Å². The Morgan fingerprint density at radius 2 is 2.12 bits per heavy atom. The van der Waals surface area contributed by atoms with Crippen molar-refractivity contribution in [2.45, 2.75) is 26.4 Å². The first-order valence-electron chi connectivity index (χ1n) is 8.07. The van der Waals surface area contributed by atoms with Crippen LogP contribution < -0.4 is 10.1 Å². The summed E-state index contributed by atoms with van der Waals surface area (Å²) in [5.41, 5.74) is 1.11. The molecule has 0 saturated heterocycles. The Morgan fingerprint density at radius 3 is 2.96 bits per heavy atom. The van der Waals surface area contributed by atoms with E-state index in [0.717, 1.165) is 17.7 Å². The minimum Gasteiger partial charge on any atom is -0.493 e. The molecule has 0 spiro atoms. The zero-order valence-electron chi connectivity index (χ0n) is 13.8. The summed E-state index contributed by atoms with van der Waals surface area (Å²) < 4.78 is 7.60. The monoisotopic (exact) mass is 323 g/mol. The molecule has 124 valence electrons. The number of anilines is 1. The van der Waals surface area contributed by atoms with E-state index < -0.39 is 0 Å². The van der Waals surface area contributed by atoms with Crippen molar-refractivity contribution in [2.24, 2.45) is 0 Å². The highest BCUT2D eigenvalue weighted by Gasteiger charge is 2.11. The van der Waals surface area contributed by atoms with Gasteiger partial charge in [0.05, 0.1) is 13.2 Å². The van der Waals surface area contributed by atoms with Crippen LogP contribution in [0, 0.1) is 0 Å². The smallest absolute Gasteiger partial charge is 0.243 e. The van der Waals surface area contributed by atoms with Gasteiger partial charge in [0.1, 0.15) is 5.75 Å². The van der Waals surface area contributed by atoms with E-state index in [2.05, 4.69) is 52.5 Å². The molecule has 1 heterocycles. The highest BCUT2D eigenvalue weighted by molar-refractivity contribution is 5.88. The number of fused-ring (bicyclic) bond motifs is 1. The lowest BCUT2D eigenvalue weighted by atomic mass is 10.0. The second-order valence-corrected chi connectivity index (χ2v) is 5.44. The van der Waals surface area contributed by atoms with E-state index in [0.29, 0.717) is 25.6 Å². The topological polar surface area (TPSA) is 64.9 Å². The number of rotatable bonds is 8. The van der Waals surface area contributed by atoms with Gasteiger partial charge in [-0.1, -0.05) is 48.4 Å². The van der Waals surface area contributed by atoms with Gasteiger partial charge in [-0.05, 0) is 33.7 Å². The number of nitrogens with zero attached hydrogens (tertiary/aromatic N) is 4. The summed E-state index contributed by atoms with van der Waals surface area (Å²) in [6.45, 7) is 7.65. The van der Waals surface area contributed by atoms with Crippen LogP contribution in [0.5, 0.6) is 5.75 Å². The van der Waals surface area contributed by atoms with E-state index in [1.54, 1.807) is 10.8 Å². The van der Waals surface area contributed by atoms with E-state index in [1.807, 2.05) is 18.2 Å². The standard InChI is InChI=1S/C18H21N5O/c1-3-11-23-18(20-21-22-23)19-13-16-15-8-6-5-7-14(15)9-10-17(16)24-12-4-2/h3,5-10H,1,4,11-13H2,2H3,(H,19,20,22). The van der Waals surface area contributed by atoms with Crippen LogP contribution in [0.1, 0.15) is 18.9 Å². The second kappa shape index (κ2) is 7.59. The normalized spacial score (nSPS) is 10.7. The molecule has 24 heavy (non-hydrogen) atoms. The van der Waals surface area contributed by atoms with Gasteiger partial charge >= 0.3 is 0 Å². The number of hydrogen-bond donors (Lipinski definition) is 1. The molecule has 2 aromatic carbocycles.